The van der Waals surface area contributed by atoms with Crippen molar-refractivity contribution in [1.82, 2.24) is 9.80 Å². The van der Waals surface area contributed by atoms with Crippen LogP contribution in [0, 0.1) is 0 Å². The highest BCUT2D eigenvalue weighted by atomic mass is 16.5. The van der Waals surface area contributed by atoms with Gasteiger partial charge in [-0.2, -0.15) is 0 Å². The Morgan fingerprint density at radius 3 is 2.79 bits per heavy atom. The Bertz CT molecular complexity index is 822. The SMILES string of the molecule is CCN1C=C2N=C(C=Cc3cccc(OC4CCOCC4)c3)N=C2N(CC)C1. The lowest BCUT2D eigenvalue weighted by Crippen LogP contribution is -2.43. The van der Waals surface area contributed by atoms with Gasteiger partial charge in [0.05, 0.1) is 19.9 Å². The number of rotatable bonds is 6. The fourth-order valence-electron chi connectivity index (χ4n) is 3.55. The number of amidine groups is 2. The Hall–Kier alpha value is -2.60. The quantitative estimate of drug-likeness (QED) is 0.758. The van der Waals surface area contributed by atoms with Crippen molar-refractivity contribution >= 4 is 17.7 Å². The molecule has 0 bridgehead atoms. The van der Waals surface area contributed by atoms with Crippen LogP contribution in [0.5, 0.6) is 5.75 Å². The van der Waals surface area contributed by atoms with Crippen molar-refractivity contribution in [2.75, 3.05) is 33.0 Å². The largest absolute Gasteiger partial charge is 0.490 e. The van der Waals surface area contributed by atoms with Gasteiger partial charge in [0, 0.05) is 32.1 Å². The Balaban J connectivity index is 1.46. The first-order valence-corrected chi connectivity index (χ1v) is 10.2. The maximum absolute atomic E-state index is 6.10. The molecule has 6 heteroatoms. The summed E-state index contributed by atoms with van der Waals surface area (Å²) in [6.07, 6.45) is 8.28. The van der Waals surface area contributed by atoms with Gasteiger partial charge >= 0.3 is 0 Å². The summed E-state index contributed by atoms with van der Waals surface area (Å²) in [5.41, 5.74) is 2.03. The average molecular weight is 380 g/mol. The van der Waals surface area contributed by atoms with Crippen molar-refractivity contribution in [3.8, 4) is 5.75 Å². The van der Waals surface area contributed by atoms with Crippen LogP contribution in [0.4, 0.5) is 0 Å². The summed E-state index contributed by atoms with van der Waals surface area (Å²) in [7, 11) is 0. The topological polar surface area (TPSA) is 49.7 Å². The molecule has 3 heterocycles. The Morgan fingerprint density at radius 2 is 2.00 bits per heavy atom. The van der Waals surface area contributed by atoms with Crippen LogP contribution in [0.25, 0.3) is 6.08 Å². The summed E-state index contributed by atoms with van der Waals surface area (Å²) >= 11 is 0. The normalized spacial score (nSPS) is 20.1. The first-order chi connectivity index (χ1) is 13.7. The van der Waals surface area contributed by atoms with Crippen LogP contribution in [0.3, 0.4) is 0 Å². The van der Waals surface area contributed by atoms with Gasteiger partial charge in [-0.05, 0) is 37.6 Å². The molecule has 3 aliphatic heterocycles. The summed E-state index contributed by atoms with van der Waals surface area (Å²) in [6.45, 7) is 8.63. The van der Waals surface area contributed by atoms with Gasteiger partial charge in [0.1, 0.15) is 17.6 Å². The van der Waals surface area contributed by atoms with Gasteiger partial charge in [0.15, 0.2) is 11.7 Å². The number of likely N-dealkylation sites (N-methyl/N-ethyl adjacent to an activating group) is 1. The van der Waals surface area contributed by atoms with E-state index in [4.69, 9.17) is 19.5 Å². The molecule has 0 atom stereocenters. The number of aliphatic imine (C=N–C) groups is 2. The minimum Gasteiger partial charge on any atom is -0.490 e. The van der Waals surface area contributed by atoms with Crippen molar-refractivity contribution in [3.05, 3.63) is 47.8 Å². The lowest BCUT2D eigenvalue weighted by atomic mass is 10.1. The molecule has 28 heavy (non-hydrogen) atoms. The molecule has 6 nitrogen and oxygen atoms in total. The molecule has 0 radical (unpaired) electrons. The Morgan fingerprint density at radius 1 is 1.14 bits per heavy atom. The smallest absolute Gasteiger partial charge is 0.160 e. The van der Waals surface area contributed by atoms with E-state index in [-0.39, 0.29) is 6.10 Å². The van der Waals surface area contributed by atoms with Gasteiger partial charge in [0.2, 0.25) is 0 Å². The molecule has 0 aliphatic carbocycles. The minimum atomic E-state index is 0.246. The third-order valence-electron chi connectivity index (χ3n) is 5.18. The van der Waals surface area contributed by atoms with Crippen molar-refractivity contribution in [3.63, 3.8) is 0 Å². The highest BCUT2D eigenvalue weighted by Crippen LogP contribution is 2.22. The molecule has 1 fully saturated rings. The second-order valence-corrected chi connectivity index (χ2v) is 7.16. The third-order valence-corrected chi connectivity index (χ3v) is 5.18. The summed E-state index contributed by atoms with van der Waals surface area (Å²) in [5.74, 6) is 2.62. The zero-order chi connectivity index (χ0) is 19.3. The Kier molecular flexibility index (Phi) is 5.76. The van der Waals surface area contributed by atoms with E-state index in [1.54, 1.807) is 0 Å². The molecule has 148 valence electrons. The highest BCUT2D eigenvalue weighted by molar-refractivity contribution is 6.16. The third kappa shape index (κ3) is 4.28. The maximum atomic E-state index is 6.10. The van der Waals surface area contributed by atoms with Gasteiger partial charge in [0.25, 0.3) is 0 Å². The van der Waals surface area contributed by atoms with E-state index in [0.717, 1.165) is 74.5 Å². The monoisotopic (exact) mass is 380 g/mol. The lowest BCUT2D eigenvalue weighted by Gasteiger charge is -2.33. The maximum Gasteiger partial charge on any atom is 0.160 e. The predicted octanol–water partition coefficient (Wildman–Crippen LogP) is 3.52. The number of nitrogens with zero attached hydrogens (tertiary/aromatic N) is 4. The van der Waals surface area contributed by atoms with E-state index in [9.17, 15) is 0 Å². The van der Waals surface area contributed by atoms with Gasteiger partial charge < -0.3 is 19.3 Å². The molecular formula is C22H28N4O2. The molecule has 1 saturated heterocycles. The molecule has 1 aromatic carbocycles. The Labute approximate surface area is 166 Å². The highest BCUT2D eigenvalue weighted by Gasteiger charge is 2.26. The number of hydrogen-bond donors (Lipinski definition) is 0. The van der Waals surface area contributed by atoms with Crippen molar-refractivity contribution in [2.45, 2.75) is 32.8 Å². The number of benzene rings is 1. The standard InChI is InChI=1S/C22H28N4O2/c1-3-25-15-20-22(26(4-2)16-25)24-21(23-20)9-8-17-6-5-7-19(14-17)28-18-10-12-27-13-11-18/h5-9,14-15,18H,3-4,10-13,16H2,1-2H3. The van der Waals surface area contributed by atoms with Gasteiger partial charge in [-0.25, -0.2) is 9.98 Å². The molecule has 0 spiro atoms. The minimum absolute atomic E-state index is 0.246. The summed E-state index contributed by atoms with van der Waals surface area (Å²) in [6, 6.07) is 8.17. The number of ether oxygens (including phenoxy) is 2. The van der Waals surface area contributed by atoms with E-state index in [2.05, 4.69) is 42.0 Å². The van der Waals surface area contributed by atoms with E-state index >= 15 is 0 Å². The number of fused-ring (bicyclic) bond motifs is 1. The van der Waals surface area contributed by atoms with E-state index in [1.165, 1.54) is 0 Å². The molecule has 0 amide bonds. The fraction of sp³-hybridized carbons (Fsp3) is 0.455. The van der Waals surface area contributed by atoms with Crippen molar-refractivity contribution in [1.29, 1.82) is 0 Å². The van der Waals surface area contributed by atoms with Crippen LogP contribution in [-0.2, 0) is 4.74 Å². The van der Waals surface area contributed by atoms with Crippen LogP contribution < -0.4 is 4.74 Å². The molecule has 0 unspecified atom stereocenters. The fourth-order valence-corrected chi connectivity index (χ4v) is 3.55. The second kappa shape index (κ2) is 8.61. The summed E-state index contributed by atoms with van der Waals surface area (Å²) in [4.78, 5) is 13.9. The van der Waals surface area contributed by atoms with Crippen LogP contribution in [-0.4, -0.2) is 60.5 Å². The first-order valence-electron chi connectivity index (χ1n) is 10.2. The van der Waals surface area contributed by atoms with Gasteiger partial charge in [-0.3, -0.25) is 0 Å². The van der Waals surface area contributed by atoms with Crippen LogP contribution in [0.2, 0.25) is 0 Å². The zero-order valence-electron chi connectivity index (χ0n) is 16.7. The lowest BCUT2D eigenvalue weighted by molar-refractivity contribution is 0.0255. The average Bonchev–Trinajstić information content (AvgIpc) is 3.15. The van der Waals surface area contributed by atoms with Gasteiger partial charge in [-0.1, -0.05) is 18.2 Å². The molecule has 3 aliphatic rings. The van der Waals surface area contributed by atoms with Crippen molar-refractivity contribution < 1.29 is 9.47 Å². The van der Waals surface area contributed by atoms with Crippen LogP contribution >= 0.6 is 0 Å². The molecule has 4 rings (SSSR count). The van der Waals surface area contributed by atoms with Crippen LogP contribution in [0.15, 0.2) is 52.2 Å². The van der Waals surface area contributed by atoms with Crippen molar-refractivity contribution in [2.24, 2.45) is 9.98 Å². The van der Waals surface area contributed by atoms with E-state index < -0.39 is 0 Å². The van der Waals surface area contributed by atoms with Crippen LogP contribution in [0.1, 0.15) is 32.3 Å². The van der Waals surface area contributed by atoms with E-state index in [0.29, 0.717) is 0 Å². The molecule has 0 N–H and O–H groups in total. The number of hydrogen-bond acceptors (Lipinski definition) is 6. The zero-order valence-corrected chi connectivity index (χ0v) is 16.7. The summed E-state index contributed by atoms with van der Waals surface area (Å²) < 4.78 is 11.5. The molecule has 0 aromatic heterocycles. The molecular weight excluding hydrogens is 352 g/mol. The second-order valence-electron chi connectivity index (χ2n) is 7.16. The van der Waals surface area contributed by atoms with Gasteiger partial charge in [-0.15, -0.1) is 0 Å². The predicted molar refractivity (Wildman–Crippen MR) is 113 cm³/mol. The summed E-state index contributed by atoms with van der Waals surface area (Å²) in [5, 5.41) is 0. The molecule has 0 saturated carbocycles. The van der Waals surface area contributed by atoms with E-state index in [1.807, 2.05) is 24.3 Å². The first kappa shape index (κ1) is 18.7. The molecule has 1 aromatic rings.